The average Bonchev–Trinajstić information content (AvgIpc) is 2.65. The number of hydrogen-bond acceptors (Lipinski definition) is 5. The molecule has 0 aromatic heterocycles. The number of benzene rings is 1. The van der Waals surface area contributed by atoms with E-state index in [1.54, 1.807) is 32.2 Å². The number of nitrogens with one attached hydrogen (secondary N) is 2. The van der Waals surface area contributed by atoms with Crippen LogP contribution in [0, 0.1) is 0 Å². The lowest BCUT2D eigenvalue weighted by Gasteiger charge is -2.17. The van der Waals surface area contributed by atoms with Crippen LogP contribution in [0.2, 0.25) is 0 Å². The van der Waals surface area contributed by atoms with Gasteiger partial charge in [-0.3, -0.25) is 9.79 Å². The van der Waals surface area contributed by atoms with Crippen molar-refractivity contribution >= 4 is 11.9 Å². The molecule has 27 heavy (non-hydrogen) atoms. The molecule has 0 atom stereocenters. The van der Waals surface area contributed by atoms with E-state index in [1.165, 1.54) is 7.11 Å². The van der Waals surface area contributed by atoms with E-state index in [-0.39, 0.29) is 24.0 Å². The fraction of sp³-hybridized carbons (Fsp3) is 0.556. The molecule has 0 bridgehead atoms. The van der Waals surface area contributed by atoms with Gasteiger partial charge in [-0.1, -0.05) is 12.1 Å². The highest BCUT2D eigenvalue weighted by Gasteiger charge is 2.16. The number of carbonyl (C=O) groups is 1. The van der Waals surface area contributed by atoms with Gasteiger partial charge in [0.15, 0.2) is 17.5 Å². The Morgan fingerprint density at radius 3 is 2.67 bits per heavy atom. The normalized spacial score (nSPS) is 11.3. The van der Waals surface area contributed by atoms with Gasteiger partial charge in [0.1, 0.15) is 0 Å². The molecule has 0 spiro atoms. The predicted octanol–water partition coefficient (Wildman–Crippen LogP) is 2.70. The Balaban J connectivity index is 2.59. The number of rotatable bonds is 11. The number of nitrogens with zero attached hydrogens (tertiary/aromatic N) is 1. The first-order valence-corrected chi connectivity index (χ1v) is 8.72. The Labute approximate surface area is 158 Å². The standard InChI is InChI=1S/C18H27F2N3O4/c1-4-26-14-9-7-8-13(16(14)27-17(19)20)12-23-18(21-2)22-11-6-5-10-15(24)25-3/h7-9,17H,4-6,10-12H2,1-3H3,(H2,21,22,23). The number of unbranched alkanes of at least 4 members (excludes halogenated alkanes) is 1. The summed E-state index contributed by atoms with van der Waals surface area (Å²) in [6, 6.07) is 4.97. The monoisotopic (exact) mass is 387 g/mol. The van der Waals surface area contributed by atoms with Crippen molar-refractivity contribution in [2.45, 2.75) is 39.3 Å². The largest absolute Gasteiger partial charge is 0.490 e. The molecule has 2 N–H and O–H groups in total. The van der Waals surface area contributed by atoms with Gasteiger partial charge in [0, 0.05) is 32.1 Å². The van der Waals surface area contributed by atoms with Crippen molar-refractivity contribution < 1.29 is 27.8 Å². The van der Waals surface area contributed by atoms with Crippen LogP contribution >= 0.6 is 0 Å². The molecule has 0 aliphatic carbocycles. The molecule has 0 radical (unpaired) electrons. The number of hydrogen-bond donors (Lipinski definition) is 2. The molecule has 1 rings (SSSR count). The van der Waals surface area contributed by atoms with Gasteiger partial charge in [-0.15, -0.1) is 0 Å². The van der Waals surface area contributed by atoms with Crippen molar-refractivity contribution in [2.75, 3.05) is 27.3 Å². The second kappa shape index (κ2) is 12.7. The van der Waals surface area contributed by atoms with Crippen LogP contribution in [0.5, 0.6) is 11.5 Å². The summed E-state index contributed by atoms with van der Waals surface area (Å²) in [7, 11) is 2.97. The molecule has 0 amide bonds. The van der Waals surface area contributed by atoms with Crippen LogP contribution in [-0.4, -0.2) is 45.8 Å². The zero-order valence-electron chi connectivity index (χ0n) is 15.9. The summed E-state index contributed by atoms with van der Waals surface area (Å²) < 4.78 is 40.1. The highest BCUT2D eigenvalue weighted by atomic mass is 19.3. The van der Waals surface area contributed by atoms with E-state index in [4.69, 9.17) is 4.74 Å². The van der Waals surface area contributed by atoms with Gasteiger partial charge in [-0.05, 0) is 25.8 Å². The maximum atomic E-state index is 12.7. The number of alkyl halides is 2. The third-order valence-electron chi connectivity index (χ3n) is 3.56. The Kier molecular flexibility index (Phi) is 10.6. The number of guanidine groups is 1. The lowest BCUT2D eigenvalue weighted by atomic mass is 10.2. The van der Waals surface area contributed by atoms with E-state index in [0.717, 1.165) is 6.42 Å². The highest BCUT2D eigenvalue weighted by molar-refractivity contribution is 5.79. The minimum atomic E-state index is -2.95. The molecule has 0 aliphatic heterocycles. The Morgan fingerprint density at radius 2 is 2.04 bits per heavy atom. The van der Waals surface area contributed by atoms with Crippen molar-refractivity contribution in [1.82, 2.24) is 10.6 Å². The third kappa shape index (κ3) is 8.57. The first-order chi connectivity index (χ1) is 13.0. The van der Waals surface area contributed by atoms with Crippen LogP contribution in [0.4, 0.5) is 8.78 Å². The number of ether oxygens (including phenoxy) is 3. The quantitative estimate of drug-likeness (QED) is 0.263. The van der Waals surface area contributed by atoms with Gasteiger partial charge in [0.25, 0.3) is 0 Å². The fourth-order valence-electron chi connectivity index (χ4n) is 2.30. The molecule has 7 nitrogen and oxygen atoms in total. The summed E-state index contributed by atoms with van der Waals surface area (Å²) in [4.78, 5) is 15.1. The molecule has 9 heteroatoms. The van der Waals surface area contributed by atoms with Gasteiger partial charge in [0.05, 0.1) is 13.7 Å². The number of carbonyl (C=O) groups excluding carboxylic acids is 1. The highest BCUT2D eigenvalue weighted by Crippen LogP contribution is 2.32. The van der Waals surface area contributed by atoms with E-state index in [2.05, 4.69) is 25.1 Å². The summed E-state index contributed by atoms with van der Waals surface area (Å²) in [6.07, 6.45) is 1.82. The van der Waals surface area contributed by atoms with Gasteiger partial charge < -0.3 is 24.8 Å². The van der Waals surface area contributed by atoms with Gasteiger partial charge in [-0.25, -0.2) is 0 Å². The molecule has 1 aromatic carbocycles. The van der Waals surface area contributed by atoms with Crippen molar-refractivity contribution in [1.29, 1.82) is 0 Å². The molecule has 0 heterocycles. The number of para-hydroxylation sites is 1. The molecule has 0 saturated heterocycles. The lowest BCUT2D eigenvalue weighted by Crippen LogP contribution is -2.37. The van der Waals surface area contributed by atoms with Crippen molar-refractivity contribution in [2.24, 2.45) is 4.99 Å². The summed E-state index contributed by atoms with van der Waals surface area (Å²) >= 11 is 0. The molecule has 0 unspecified atom stereocenters. The molecule has 0 saturated carbocycles. The van der Waals surface area contributed by atoms with Gasteiger partial charge in [0.2, 0.25) is 0 Å². The number of esters is 1. The van der Waals surface area contributed by atoms with E-state index in [9.17, 15) is 13.6 Å². The minimum Gasteiger partial charge on any atom is -0.490 e. The van der Waals surface area contributed by atoms with Crippen molar-refractivity contribution in [3.8, 4) is 11.5 Å². The second-order valence-electron chi connectivity index (χ2n) is 5.44. The number of methoxy groups -OCH3 is 1. The lowest BCUT2D eigenvalue weighted by molar-refractivity contribution is -0.140. The smallest absolute Gasteiger partial charge is 0.387 e. The van der Waals surface area contributed by atoms with E-state index >= 15 is 0 Å². The Hall–Kier alpha value is -2.58. The first kappa shape index (κ1) is 22.5. The molecule has 0 aliphatic rings. The summed E-state index contributed by atoms with van der Waals surface area (Å²) in [5, 5.41) is 6.14. The zero-order valence-corrected chi connectivity index (χ0v) is 15.9. The first-order valence-electron chi connectivity index (χ1n) is 8.72. The Bertz CT molecular complexity index is 612. The van der Waals surface area contributed by atoms with Crippen LogP contribution in [0.25, 0.3) is 0 Å². The maximum absolute atomic E-state index is 12.7. The SMILES string of the molecule is CCOc1cccc(CNC(=NC)NCCCCC(=O)OC)c1OC(F)F. The Morgan fingerprint density at radius 1 is 1.26 bits per heavy atom. The maximum Gasteiger partial charge on any atom is 0.387 e. The molecule has 1 aromatic rings. The molecular weight excluding hydrogens is 360 g/mol. The molecule has 152 valence electrons. The van der Waals surface area contributed by atoms with Crippen LogP contribution in [-0.2, 0) is 16.1 Å². The summed E-state index contributed by atoms with van der Waals surface area (Å²) in [5.74, 6) is 0.550. The number of halogens is 2. The van der Waals surface area contributed by atoms with Gasteiger partial charge in [-0.2, -0.15) is 8.78 Å². The van der Waals surface area contributed by atoms with E-state index in [0.29, 0.717) is 37.5 Å². The number of aliphatic imine (C=N–C) groups is 1. The van der Waals surface area contributed by atoms with Crippen molar-refractivity contribution in [3.63, 3.8) is 0 Å². The average molecular weight is 387 g/mol. The van der Waals surface area contributed by atoms with Crippen LogP contribution < -0.4 is 20.1 Å². The summed E-state index contributed by atoms with van der Waals surface area (Å²) in [6.45, 7) is -0.00701. The summed E-state index contributed by atoms with van der Waals surface area (Å²) in [5.41, 5.74) is 0.523. The fourth-order valence-corrected chi connectivity index (χ4v) is 2.30. The topological polar surface area (TPSA) is 81.2 Å². The minimum absolute atomic E-state index is 0.00961. The van der Waals surface area contributed by atoms with E-state index in [1.807, 2.05) is 0 Å². The third-order valence-corrected chi connectivity index (χ3v) is 3.56. The van der Waals surface area contributed by atoms with Crippen LogP contribution in [0.15, 0.2) is 23.2 Å². The second-order valence-corrected chi connectivity index (χ2v) is 5.44. The van der Waals surface area contributed by atoms with Crippen LogP contribution in [0.1, 0.15) is 31.7 Å². The zero-order chi connectivity index (χ0) is 20.1. The van der Waals surface area contributed by atoms with Crippen molar-refractivity contribution in [3.05, 3.63) is 23.8 Å². The van der Waals surface area contributed by atoms with E-state index < -0.39 is 6.61 Å². The predicted molar refractivity (Wildman–Crippen MR) is 98.3 cm³/mol. The molecule has 0 fully saturated rings. The van der Waals surface area contributed by atoms with Gasteiger partial charge >= 0.3 is 12.6 Å². The molecular formula is C18H27F2N3O4. The van der Waals surface area contributed by atoms with Crippen LogP contribution in [0.3, 0.4) is 0 Å².